The molecule has 7 nitrogen and oxygen atoms in total. The van der Waals surface area contributed by atoms with E-state index in [1.165, 1.54) is 12.8 Å². The first-order valence-corrected chi connectivity index (χ1v) is 9.32. The van der Waals surface area contributed by atoms with E-state index in [4.69, 9.17) is 14.2 Å². The van der Waals surface area contributed by atoms with E-state index in [9.17, 15) is 9.59 Å². The van der Waals surface area contributed by atoms with E-state index in [1.807, 2.05) is 13.0 Å². The summed E-state index contributed by atoms with van der Waals surface area (Å²) in [4.78, 5) is 24.0. The highest BCUT2D eigenvalue weighted by Gasteiger charge is 2.21. The fraction of sp³-hybridized carbons (Fsp3) is 0.333. The number of hydrogen-bond acceptors (Lipinski definition) is 5. The number of hydrogen-bond donors (Lipinski definition) is 2. The lowest BCUT2D eigenvalue weighted by molar-refractivity contribution is -0.123. The van der Waals surface area contributed by atoms with Gasteiger partial charge in [0, 0.05) is 5.56 Å². The summed E-state index contributed by atoms with van der Waals surface area (Å²) in [5.74, 6) is 1.52. The van der Waals surface area contributed by atoms with Crippen molar-refractivity contribution in [2.75, 3.05) is 19.8 Å². The van der Waals surface area contributed by atoms with Gasteiger partial charge < -0.3 is 14.2 Å². The van der Waals surface area contributed by atoms with Crippen LogP contribution in [0.15, 0.2) is 48.5 Å². The van der Waals surface area contributed by atoms with Crippen LogP contribution in [0.4, 0.5) is 0 Å². The van der Waals surface area contributed by atoms with E-state index in [0.29, 0.717) is 36.2 Å². The van der Waals surface area contributed by atoms with Crippen molar-refractivity contribution in [1.82, 2.24) is 10.9 Å². The molecule has 148 valence electrons. The summed E-state index contributed by atoms with van der Waals surface area (Å²) in [5, 5.41) is 0. The van der Waals surface area contributed by atoms with Crippen LogP contribution in [0.2, 0.25) is 0 Å². The van der Waals surface area contributed by atoms with Gasteiger partial charge in [-0.1, -0.05) is 12.1 Å². The Hall–Kier alpha value is -3.22. The van der Waals surface area contributed by atoms with Crippen molar-refractivity contribution in [3.05, 3.63) is 54.1 Å². The molecule has 3 rings (SSSR count). The van der Waals surface area contributed by atoms with Crippen LogP contribution in [-0.4, -0.2) is 31.6 Å². The van der Waals surface area contributed by atoms with Gasteiger partial charge >= 0.3 is 0 Å². The van der Waals surface area contributed by atoms with Crippen molar-refractivity contribution >= 4 is 11.8 Å². The average Bonchev–Trinajstić information content (AvgIpc) is 3.55. The number of hydrazine groups is 1. The van der Waals surface area contributed by atoms with Crippen LogP contribution >= 0.6 is 0 Å². The lowest BCUT2D eigenvalue weighted by Crippen LogP contribution is -2.43. The lowest BCUT2D eigenvalue weighted by atomic mass is 10.2. The Labute approximate surface area is 164 Å². The molecule has 0 saturated heterocycles. The summed E-state index contributed by atoms with van der Waals surface area (Å²) in [7, 11) is 0. The SMILES string of the molecule is CCOc1ccccc1OCC(=O)NNC(=O)c1ccc(OCC2CC2)cc1. The minimum absolute atomic E-state index is 0.252. The van der Waals surface area contributed by atoms with Gasteiger partial charge in [0.25, 0.3) is 11.8 Å². The normalized spacial score (nSPS) is 12.8. The van der Waals surface area contributed by atoms with E-state index >= 15 is 0 Å². The highest BCUT2D eigenvalue weighted by atomic mass is 16.5. The summed E-state index contributed by atoms with van der Waals surface area (Å²) in [5.41, 5.74) is 5.11. The quantitative estimate of drug-likeness (QED) is 0.650. The summed E-state index contributed by atoms with van der Waals surface area (Å²) >= 11 is 0. The van der Waals surface area contributed by atoms with Gasteiger partial charge in [-0.25, -0.2) is 0 Å². The second-order valence-corrected chi connectivity index (χ2v) is 6.45. The fourth-order valence-electron chi connectivity index (χ4n) is 2.42. The molecule has 2 aromatic rings. The summed E-state index contributed by atoms with van der Waals surface area (Å²) in [6.45, 7) is 2.82. The standard InChI is InChI=1S/C21H24N2O5/c1-2-26-18-5-3-4-6-19(18)28-14-20(24)22-23-21(25)16-9-11-17(12-10-16)27-13-15-7-8-15/h3-6,9-12,15H,2,7-8,13-14H2,1H3,(H,22,24)(H,23,25). The number of benzene rings is 2. The zero-order valence-electron chi connectivity index (χ0n) is 15.8. The van der Waals surface area contributed by atoms with Gasteiger partial charge in [-0.15, -0.1) is 0 Å². The first-order chi connectivity index (χ1) is 13.7. The maximum atomic E-state index is 12.1. The third-order valence-electron chi connectivity index (χ3n) is 4.12. The molecule has 7 heteroatoms. The first kappa shape index (κ1) is 19.5. The van der Waals surface area contributed by atoms with Crippen LogP contribution in [-0.2, 0) is 4.79 Å². The number of nitrogens with one attached hydrogen (secondary N) is 2. The van der Waals surface area contributed by atoms with E-state index in [-0.39, 0.29) is 6.61 Å². The van der Waals surface area contributed by atoms with Crippen LogP contribution in [0.25, 0.3) is 0 Å². The number of rotatable bonds is 9. The maximum Gasteiger partial charge on any atom is 0.276 e. The van der Waals surface area contributed by atoms with Gasteiger partial charge in [0.15, 0.2) is 18.1 Å². The van der Waals surface area contributed by atoms with Crippen molar-refractivity contribution in [3.63, 3.8) is 0 Å². The molecule has 0 unspecified atom stereocenters. The predicted molar refractivity (Wildman–Crippen MR) is 103 cm³/mol. The second kappa shape index (κ2) is 9.64. The molecule has 1 aliphatic carbocycles. The molecular weight excluding hydrogens is 360 g/mol. The Morgan fingerprint density at radius 2 is 1.61 bits per heavy atom. The van der Waals surface area contributed by atoms with E-state index < -0.39 is 11.8 Å². The Bertz CT molecular complexity index is 803. The number of carbonyl (C=O) groups excluding carboxylic acids is 2. The summed E-state index contributed by atoms with van der Waals surface area (Å²) in [6.07, 6.45) is 2.45. The summed E-state index contributed by atoms with van der Waals surface area (Å²) in [6, 6.07) is 13.9. The molecule has 0 heterocycles. The van der Waals surface area contributed by atoms with E-state index in [0.717, 1.165) is 5.75 Å². The Balaban J connectivity index is 1.41. The minimum Gasteiger partial charge on any atom is -0.493 e. The number of amides is 2. The lowest BCUT2D eigenvalue weighted by Gasteiger charge is -2.12. The Morgan fingerprint density at radius 3 is 2.25 bits per heavy atom. The number of para-hydroxylation sites is 2. The average molecular weight is 384 g/mol. The minimum atomic E-state index is -0.482. The maximum absolute atomic E-state index is 12.1. The van der Waals surface area contributed by atoms with Crippen molar-refractivity contribution in [1.29, 1.82) is 0 Å². The van der Waals surface area contributed by atoms with Gasteiger partial charge in [0.2, 0.25) is 0 Å². The van der Waals surface area contributed by atoms with Crippen molar-refractivity contribution in [2.45, 2.75) is 19.8 Å². The summed E-state index contributed by atoms with van der Waals surface area (Å²) < 4.78 is 16.5. The van der Waals surface area contributed by atoms with Crippen LogP contribution in [0.5, 0.6) is 17.2 Å². The number of ether oxygens (including phenoxy) is 3. The smallest absolute Gasteiger partial charge is 0.276 e. The van der Waals surface area contributed by atoms with Gasteiger partial charge in [-0.3, -0.25) is 20.4 Å². The molecule has 28 heavy (non-hydrogen) atoms. The van der Waals surface area contributed by atoms with Crippen LogP contribution < -0.4 is 25.1 Å². The molecule has 0 spiro atoms. The van der Waals surface area contributed by atoms with Crippen LogP contribution in [0.1, 0.15) is 30.1 Å². The predicted octanol–water partition coefficient (Wildman–Crippen LogP) is 2.71. The first-order valence-electron chi connectivity index (χ1n) is 9.32. The Kier molecular flexibility index (Phi) is 6.73. The molecule has 1 saturated carbocycles. The number of carbonyl (C=O) groups is 2. The molecular formula is C21H24N2O5. The van der Waals surface area contributed by atoms with Gasteiger partial charge in [-0.05, 0) is 62.1 Å². The third kappa shape index (κ3) is 5.90. The van der Waals surface area contributed by atoms with Crippen LogP contribution in [0, 0.1) is 5.92 Å². The highest BCUT2D eigenvalue weighted by Crippen LogP contribution is 2.29. The molecule has 2 amide bonds. The molecule has 0 atom stereocenters. The van der Waals surface area contributed by atoms with Crippen molar-refractivity contribution in [3.8, 4) is 17.2 Å². The van der Waals surface area contributed by atoms with Crippen LogP contribution in [0.3, 0.4) is 0 Å². The molecule has 0 radical (unpaired) electrons. The molecule has 2 aromatic carbocycles. The monoisotopic (exact) mass is 384 g/mol. The fourth-order valence-corrected chi connectivity index (χ4v) is 2.42. The van der Waals surface area contributed by atoms with E-state index in [1.54, 1.807) is 42.5 Å². The van der Waals surface area contributed by atoms with Crippen molar-refractivity contribution in [2.24, 2.45) is 5.92 Å². The second-order valence-electron chi connectivity index (χ2n) is 6.45. The van der Waals surface area contributed by atoms with Gasteiger partial charge in [0.1, 0.15) is 5.75 Å². The molecule has 1 aliphatic rings. The molecule has 2 N–H and O–H groups in total. The zero-order chi connectivity index (χ0) is 19.8. The van der Waals surface area contributed by atoms with E-state index in [2.05, 4.69) is 10.9 Å². The van der Waals surface area contributed by atoms with Crippen molar-refractivity contribution < 1.29 is 23.8 Å². The van der Waals surface area contributed by atoms with Gasteiger partial charge in [0.05, 0.1) is 13.2 Å². The molecule has 1 fully saturated rings. The Morgan fingerprint density at radius 1 is 0.929 bits per heavy atom. The third-order valence-corrected chi connectivity index (χ3v) is 4.12. The highest BCUT2D eigenvalue weighted by molar-refractivity contribution is 5.95. The molecule has 0 bridgehead atoms. The zero-order valence-corrected chi connectivity index (χ0v) is 15.8. The molecule has 0 aromatic heterocycles. The largest absolute Gasteiger partial charge is 0.493 e. The topological polar surface area (TPSA) is 85.9 Å². The molecule has 0 aliphatic heterocycles. The van der Waals surface area contributed by atoms with Gasteiger partial charge in [-0.2, -0.15) is 0 Å².